The van der Waals surface area contributed by atoms with Crippen LogP contribution < -0.4 is 15.6 Å². The zero-order valence-electron chi connectivity index (χ0n) is 17.5. The first-order valence-electron chi connectivity index (χ1n) is 10.1. The van der Waals surface area contributed by atoms with E-state index >= 15 is 0 Å². The third-order valence-electron chi connectivity index (χ3n) is 4.99. The fourth-order valence-electron chi connectivity index (χ4n) is 3.27. The third kappa shape index (κ3) is 4.83. The van der Waals surface area contributed by atoms with Crippen LogP contribution in [0.15, 0.2) is 65.8 Å². The molecule has 2 heterocycles. The predicted molar refractivity (Wildman–Crippen MR) is 117 cm³/mol. The summed E-state index contributed by atoms with van der Waals surface area (Å²) in [4.78, 5) is 29.2. The van der Waals surface area contributed by atoms with Gasteiger partial charge in [0.25, 0.3) is 11.5 Å². The van der Waals surface area contributed by atoms with Gasteiger partial charge in [-0.2, -0.15) is 5.10 Å². The van der Waals surface area contributed by atoms with Crippen molar-refractivity contribution in [1.82, 2.24) is 24.6 Å². The maximum Gasteiger partial charge on any atom is 0.264 e. The number of carbonyl (C=O) groups is 1. The molecule has 4 aromatic rings. The highest BCUT2D eigenvalue weighted by atomic mass is 19.1. The Labute approximate surface area is 183 Å². The molecule has 0 aliphatic rings. The number of hydrogen-bond acceptors (Lipinski definition) is 5. The lowest BCUT2D eigenvalue weighted by molar-refractivity contribution is -0.123. The number of aromatic nitrogens is 4. The second-order valence-corrected chi connectivity index (χ2v) is 7.31. The van der Waals surface area contributed by atoms with Crippen LogP contribution in [-0.2, 0) is 17.9 Å². The summed E-state index contributed by atoms with van der Waals surface area (Å²) in [5.74, 6) is 0.0888. The van der Waals surface area contributed by atoms with Gasteiger partial charge in [0, 0.05) is 6.54 Å². The smallest absolute Gasteiger partial charge is 0.264 e. The Kier molecular flexibility index (Phi) is 6.25. The van der Waals surface area contributed by atoms with Gasteiger partial charge in [0.15, 0.2) is 12.3 Å². The molecule has 0 radical (unpaired) electrons. The van der Waals surface area contributed by atoms with Crippen LogP contribution in [0.1, 0.15) is 11.1 Å². The molecule has 1 amide bonds. The van der Waals surface area contributed by atoms with E-state index in [0.717, 1.165) is 11.1 Å². The zero-order valence-corrected chi connectivity index (χ0v) is 17.5. The quantitative estimate of drug-likeness (QED) is 0.459. The van der Waals surface area contributed by atoms with Gasteiger partial charge in [-0.05, 0) is 36.2 Å². The molecule has 8 nitrogen and oxygen atoms in total. The summed E-state index contributed by atoms with van der Waals surface area (Å²) in [6.45, 7) is 2.78. The van der Waals surface area contributed by atoms with Gasteiger partial charge in [0.05, 0.1) is 19.3 Å². The van der Waals surface area contributed by atoms with Gasteiger partial charge in [0.1, 0.15) is 23.3 Å². The van der Waals surface area contributed by atoms with Crippen LogP contribution in [0, 0.1) is 12.7 Å². The summed E-state index contributed by atoms with van der Waals surface area (Å²) in [7, 11) is 0. The van der Waals surface area contributed by atoms with Gasteiger partial charge in [-0.15, -0.1) is 0 Å². The van der Waals surface area contributed by atoms with Crippen LogP contribution in [0.2, 0.25) is 0 Å². The lowest BCUT2D eigenvalue weighted by Crippen LogP contribution is -2.32. The minimum Gasteiger partial charge on any atom is -0.484 e. The van der Waals surface area contributed by atoms with Crippen molar-refractivity contribution in [3.8, 4) is 5.75 Å². The van der Waals surface area contributed by atoms with E-state index in [-0.39, 0.29) is 30.4 Å². The lowest BCUT2D eigenvalue weighted by atomic mass is 10.2. The molecule has 0 bridgehead atoms. The van der Waals surface area contributed by atoms with Crippen LogP contribution in [-0.4, -0.2) is 38.4 Å². The van der Waals surface area contributed by atoms with E-state index in [9.17, 15) is 14.0 Å². The molecule has 0 unspecified atom stereocenters. The van der Waals surface area contributed by atoms with Crippen molar-refractivity contribution in [2.24, 2.45) is 0 Å². The topological polar surface area (TPSA) is 91.0 Å². The standard InChI is InChI=1S/C23H22FN5O3/c1-16-4-2-3-5-20(16)32-14-21(30)25-10-11-29-22-19(12-27-29)23(31)28(15-26-22)13-17-6-8-18(24)9-7-17/h2-9,12,15H,10-11,13-14H2,1H3,(H,25,30). The Balaban J connectivity index is 1.35. The molecular weight excluding hydrogens is 413 g/mol. The molecular formula is C23H22FN5O3. The van der Waals surface area contributed by atoms with Crippen LogP contribution in [0.5, 0.6) is 5.75 Å². The van der Waals surface area contributed by atoms with Crippen molar-refractivity contribution >= 4 is 16.9 Å². The summed E-state index contributed by atoms with van der Waals surface area (Å²) >= 11 is 0. The number of rotatable bonds is 8. The summed E-state index contributed by atoms with van der Waals surface area (Å²) in [6, 6.07) is 13.4. The summed E-state index contributed by atoms with van der Waals surface area (Å²) in [5.41, 5.74) is 1.95. The number of hydrogen-bond donors (Lipinski definition) is 1. The molecule has 0 saturated heterocycles. The second-order valence-electron chi connectivity index (χ2n) is 7.31. The number of amides is 1. The Morgan fingerprint density at radius 1 is 1.16 bits per heavy atom. The fraction of sp³-hybridized carbons (Fsp3) is 0.217. The Morgan fingerprint density at radius 3 is 2.72 bits per heavy atom. The molecule has 9 heteroatoms. The minimum atomic E-state index is -0.329. The molecule has 4 rings (SSSR count). The summed E-state index contributed by atoms with van der Waals surface area (Å²) < 4.78 is 21.6. The normalized spacial score (nSPS) is 10.9. The molecule has 32 heavy (non-hydrogen) atoms. The fourth-order valence-corrected chi connectivity index (χ4v) is 3.27. The van der Waals surface area contributed by atoms with Gasteiger partial charge in [0.2, 0.25) is 0 Å². The number of halogens is 1. The SMILES string of the molecule is Cc1ccccc1OCC(=O)NCCn1ncc2c(=O)n(Cc3ccc(F)cc3)cnc21. The van der Waals surface area contributed by atoms with Gasteiger partial charge in [-0.1, -0.05) is 30.3 Å². The van der Waals surface area contributed by atoms with Crippen molar-refractivity contribution in [1.29, 1.82) is 0 Å². The summed E-state index contributed by atoms with van der Waals surface area (Å²) in [6.07, 6.45) is 2.91. The molecule has 0 fully saturated rings. The van der Waals surface area contributed by atoms with Crippen molar-refractivity contribution in [2.75, 3.05) is 13.2 Å². The number of nitrogens with zero attached hydrogens (tertiary/aromatic N) is 4. The Bertz CT molecular complexity index is 1300. The zero-order chi connectivity index (χ0) is 22.5. The van der Waals surface area contributed by atoms with Crippen LogP contribution in [0.3, 0.4) is 0 Å². The molecule has 2 aromatic carbocycles. The van der Waals surface area contributed by atoms with Crippen molar-refractivity contribution in [3.63, 3.8) is 0 Å². The van der Waals surface area contributed by atoms with E-state index in [0.29, 0.717) is 29.9 Å². The highest BCUT2D eigenvalue weighted by molar-refractivity contribution is 5.77. The highest BCUT2D eigenvalue weighted by Gasteiger charge is 2.11. The minimum absolute atomic E-state index is 0.0863. The first-order valence-corrected chi connectivity index (χ1v) is 10.1. The van der Waals surface area contributed by atoms with E-state index in [1.54, 1.807) is 16.8 Å². The van der Waals surface area contributed by atoms with Gasteiger partial charge in [-0.3, -0.25) is 14.2 Å². The number of nitrogens with one attached hydrogen (secondary N) is 1. The predicted octanol–water partition coefficient (Wildman–Crippen LogP) is 2.28. The van der Waals surface area contributed by atoms with Crippen LogP contribution in [0.4, 0.5) is 4.39 Å². The monoisotopic (exact) mass is 435 g/mol. The van der Waals surface area contributed by atoms with Gasteiger partial charge >= 0.3 is 0 Å². The molecule has 0 aliphatic carbocycles. The average Bonchev–Trinajstić information content (AvgIpc) is 3.20. The third-order valence-corrected chi connectivity index (χ3v) is 4.99. The molecule has 2 aromatic heterocycles. The highest BCUT2D eigenvalue weighted by Crippen LogP contribution is 2.15. The maximum atomic E-state index is 13.1. The largest absolute Gasteiger partial charge is 0.484 e. The number of benzene rings is 2. The first-order chi connectivity index (χ1) is 15.5. The van der Waals surface area contributed by atoms with E-state index in [1.165, 1.54) is 29.2 Å². The van der Waals surface area contributed by atoms with E-state index < -0.39 is 0 Å². The lowest BCUT2D eigenvalue weighted by Gasteiger charge is -2.10. The Morgan fingerprint density at radius 2 is 1.94 bits per heavy atom. The molecule has 0 aliphatic heterocycles. The maximum absolute atomic E-state index is 13.1. The number of fused-ring (bicyclic) bond motifs is 1. The van der Waals surface area contributed by atoms with Gasteiger partial charge < -0.3 is 10.1 Å². The molecule has 0 saturated carbocycles. The van der Waals surface area contributed by atoms with E-state index in [1.807, 2.05) is 31.2 Å². The number of aryl methyl sites for hydroxylation is 1. The number of para-hydroxylation sites is 1. The van der Waals surface area contributed by atoms with Crippen molar-refractivity contribution in [3.05, 3.63) is 88.4 Å². The van der Waals surface area contributed by atoms with Crippen molar-refractivity contribution < 1.29 is 13.9 Å². The first kappa shape index (κ1) is 21.2. The Hall–Kier alpha value is -4.01. The molecule has 164 valence electrons. The number of ether oxygens (including phenoxy) is 1. The number of carbonyl (C=O) groups excluding carboxylic acids is 1. The van der Waals surface area contributed by atoms with Crippen LogP contribution >= 0.6 is 0 Å². The summed E-state index contributed by atoms with van der Waals surface area (Å²) in [5, 5.41) is 7.38. The van der Waals surface area contributed by atoms with Gasteiger partial charge in [-0.25, -0.2) is 14.1 Å². The molecule has 0 spiro atoms. The second kappa shape index (κ2) is 9.42. The van der Waals surface area contributed by atoms with E-state index in [2.05, 4.69) is 15.4 Å². The van der Waals surface area contributed by atoms with Crippen molar-refractivity contribution in [2.45, 2.75) is 20.0 Å². The average molecular weight is 435 g/mol. The molecule has 0 atom stereocenters. The van der Waals surface area contributed by atoms with Crippen LogP contribution in [0.25, 0.3) is 11.0 Å². The molecule has 1 N–H and O–H groups in total. The van der Waals surface area contributed by atoms with E-state index in [4.69, 9.17) is 4.74 Å².